The van der Waals surface area contributed by atoms with Gasteiger partial charge in [0.2, 0.25) is 5.82 Å². The first-order chi connectivity index (χ1) is 18.5. The third-order valence-corrected chi connectivity index (χ3v) is 7.07. The number of nitrogens with zero attached hydrogens (tertiary/aromatic N) is 3. The van der Waals surface area contributed by atoms with Crippen LogP contribution < -0.4 is 19.7 Å². The molecule has 0 spiro atoms. The van der Waals surface area contributed by atoms with Crippen LogP contribution in [0.2, 0.25) is 10.0 Å². The van der Waals surface area contributed by atoms with E-state index in [9.17, 15) is 9.59 Å². The second-order valence-corrected chi connectivity index (χ2v) is 11.1. The molecule has 39 heavy (non-hydrogen) atoms. The fourth-order valence-corrected chi connectivity index (χ4v) is 4.47. The molecule has 1 aromatic heterocycles. The number of benzene rings is 1. The van der Waals surface area contributed by atoms with Gasteiger partial charge in [-0.3, -0.25) is 4.79 Å². The molecule has 214 valence electrons. The molecule has 13 heteroatoms. The van der Waals surface area contributed by atoms with E-state index in [4.69, 9.17) is 42.1 Å². The standard InChI is InChI=1S/C26H34Cl2N4O6S/c1-6-16(2)23(34)18-7-8-19(22(28)21(18)27)36-15-20(33)38-17(13-29-26(3,4)5)14-37-25-24(30-39-31-25)32-9-11-35-12-10-32/h7-8,17,29H,2,6,9-15H2,1,3-5H3/t17-/m0/s1. The molecule has 1 aliphatic rings. The van der Waals surface area contributed by atoms with Crippen molar-refractivity contribution in [1.82, 2.24) is 14.1 Å². The molecule has 3 rings (SSSR count). The number of morpholine rings is 1. The van der Waals surface area contributed by atoms with Crippen LogP contribution in [0, 0.1) is 0 Å². The van der Waals surface area contributed by atoms with Gasteiger partial charge in [0.05, 0.1) is 30.0 Å². The molecule has 1 fully saturated rings. The van der Waals surface area contributed by atoms with Crippen LogP contribution in [-0.4, -0.2) is 78.2 Å². The lowest BCUT2D eigenvalue weighted by Gasteiger charge is -2.27. The number of ether oxygens (including phenoxy) is 4. The lowest BCUT2D eigenvalue weighted by Crippen LogP contribution is -2.44. The second kappa shape index (κ2) is 14.3. The van der Waals surface area contributed by atoms with E-state index in [1.54, 1.807) is 0 Å². The van der Waals surface area contributed by atoms with Gasteiger partial charge < -0.3 is 29.2 Å². The van der Waals surface area contributed by atoms with Crippen LogP contribution in [0.3, 0.4) is 0 Å². The van der Waals surface area contributed by atoms with Crippen molar-refractivity contribution in [2.75, 3.05) is 51.0 Å². The Bertz CT molecular complexity index is 1160. The van der Waals surface area contributed by atoms with Crippen molar-refractivity contribution in [1.29, 1.82) is 0 Å². The summed E-state index contributed by atoms with van der Waals surface area (Å²) in [7, 11) is 0. The summed E-state index contributed by atoms with van der Waals surface area (Å²) in [6.45, 7) is 14.2. The number of halogens is 2. The fraction of sp³-hybridized carbons (Fsp3) is 0.538. The molecule has 10 nitrogen and oxygen atoms in total. The summed E-state index contributed by atoms with van der Waals surface area (Å²) in [4.78, 5) is 27.2. The minimum absolute atomic E-state index is 0.0279. The maximum absolute atomic E-state index is 12.7. The molecule has 1 saturated heterocycles. The molecule has 0 saturated carbocycles. The molecular formula is C26H34Cl2N4O6S. The van der Waals surface area contributed by atoms with E-state index < -0.39 is 18.7 Å². The van der Waals surface area contributed by atoms with E-state index in [-0.39, 0.29) is 39.3 Å². The van der Waals surface area contributed by atoms with E-state index in [2.05, 4.69) is 25.5 Å². The summed E-state index contributed by atoms with van der Waals surface area (Å²) in [6, 6.07) is 2.98. The maximum Gasteiger partial charge on any atom is 0.344 e. The number of carbonyl (C=O) groups excluding carboxylic acids is 2. The number of rotatable bonds is 13. The Labute approximate surface area is 242 Å². The minimum atomic E-state index is -0.640. The van der Waals surface area contributed by atoms with E-state index in [1.165, 1.54) is 12.1 Å². The van der Waals surface area contributed by atoms with E-state index in [0.717, 1.165) is 11.7 Å². The van der Waals surface area contributed by atoms with Gasteiger partial charge in [-0.15, -0.1) is 4.37 Å². The fourth-order valence-electron chi connectivity index (χ4n) is 3.49. The molecule has 2 heterocycles. The summed E-state index contributed by atoms with van der Waals surface area (Å²) >= 11 is 13.7. The third-order valence-electron chi connectivity index (χ3n) is 5.70. The molecule has 0 amide bonds. The van der Waals surface area contributed by atoms with Gasteiger partial charge >= 0.3 is 5.97 Å². The molecular weight excluding hydrogens is 567 g/mol. The quantitative estimate of drug-likeness (QED) is 0.199. The Kier molecular flexibility index (Phi) is 11.4. The SMILES string of the molecule is C=C(CC)C(=O)c1ccc(OCC(=O)O[C@@H](CNC(C)(C)C)COc2nsnc2N2CCOCC2)c(Cl)c1Cl. The highest BCUT2D eigenvalue weighted by atomic mass is 35.5. The van der Waals surface area contributed by atoms with Gasteiger partial charge in [-0.25, -0.2) is 4.79 Å². The number of esters is 1. The van der Waals surface area contributed by atoms with E-state index >= 15 is 0 Å². The summed E-state index contributed by atoms with van der Waals surface area (Å²) in [5.74, 6) is 0.266. The number of hydrogen-bond donors (Lipinski definition) is 1. The lowest BCUT2D eigenvalue weighted by atomic mass is 10.0. The van der Waals surface area contributed by atoms with Gasteiger partial charge in [-0.05, 0) is 44.9 Å². The number of Topliss-reactive ketones (excluding diaryl/α,β-unsaturated/α-hetero) is 1. The van der Waals surface area contributed by atoms with Crippen molar-refractivity contribution in [3.63, 3.8) is 0 Å². The Balaban J connectivity index is 1.62. The zero-order chi connectivity index (χ0) is 28.6. The average Bonchev–Trinajstić information content (AvgIpc) is 3.39. The van der Waals surface area contributed by atoms with Gasteiger partial charge in [-0.1, -0.05) is 36.7 Å². The Hall–Kier alpha value is -2.44. The zero-order valence-electron chi connectivity index (χ0n) is 22.6. The first-order valence-electron chi connectivity index (χ1n) is 12.6. The normalized spacial score (nSPS) is 14.6. The van der Waals surface area contributed by atoms with Gasteiger partial charge in [0.1, 0.15) is 23.5 Å². The number of hydrogen-bond acceptors (Lipinski definition) is 11. The zero-order valence-corrected chi connectivity index (χ0v) is 24.9. The number of nitrogens with one attached hydrogen (secondary N) is 1. The van der Waals surface area contributed by atoms with Gasteiger partial charge in [0, 0.05) is 30.7 Å². The number of ketones is 1. The van der Waals surface area contributed by atoms with Crippen LogP contribution in [-0.2, 0) is 14.3 Å². The average molecular weight is 602 g/mol. The largest absolute Gasteiger partial charge is 0.480 e. The minimum Gasteiger partial charge on any atom is -0.480 e. The Morgan fingerprint density at radius 3 is 2.56 bits per heavy atom. The number of carbonyl (C=O) groups is 2. The third kappa shape index (κ3) is 9.04. The maximum atomic E-state index is 12.7. The predicted molar refractivity (Wildman–Crippen MR) is 152 cm³/mol. The topological polar surface area (TPSA) is 112 Å². The van der Waals surface area contributed by atoms with Crippen molar-refractivity contribution in [2.45, 2.75) is 45.8 Å². The Morgan fingerprint density at radius 2 is 1.90 bits per heavy atom. The molecule has 0 unspecified atom stereocenters. The first kappa shape index (κ1) is 31.1. The highest BCUT2D eigenvalue weighted by Gasteiger charge is 2.24. The lowest BCUT2D eigenvalue weighted by molar-refractivity contribution is -0.153. The van der Waals surface area contributed by atoms with Crippen molar-refractivity contribution in [2.24, 2.45) is 0 Å². The number of aromatic nitrogens is 2. The van der Waals surface area contributed by atoms with Crippen LogP contribution >= 0.6 is 34.9 Å². The summed E-state index contributed by atoms with van der Waals surface area (Å²) in [6.07, 6.45) is -0.155. The van der Waals surface area contributed by atoms with Crippen molar-refractivity contribution in [3.05, 3.63) is 39.9 Å². The molecule has 2 aromatic rings. The highest BCUT2D eigenvalue weighted by molar-refractivity contribution is 6.99. The predicted octanol–water partition coefficient (Wildman–Crippen LogP) is 4.59. The second-order valence-electron chi connectivity index (χ2n) is 9.86. The van der Waals surface area contributed by atoms with Crippen LogP contribution in [0.5, 0.6) is 11.6 Å². The molecule has 1 aromatic carbocycles. The molecule has 0 radical (unpaired) electrons. The molecule has 1 atom stereocenters. The Morgan fingerprint density at radius 1 is 1.18 bits per heavy atom. The van der Waals surface area contributed by atoms with Crippen LogP contribution in [0.15, 0.2) is 24.3 Å². The van der Waals surface area contributed by atoms with Crippen molar-refractivity contribution in [3.8, 4) is 11.6 Å². The van der Waals surface area contributed by atoms with Gasteiger partial charge in [-0.2, -0.15) is 4.37 Å². The smallest absolute Gasteiger partial charge is 0.344 e. The molecule has 1 N–H and O–H groups in total. The van der Waals surface area contributed by atoms with Gasteiger partial charge in [0.25, 0.3) is 5.88 Å². The highest BCUT2D eigenvalue weighted by Crippen LogP contribution is 2.36. The van der Waals surface area contributed by atoms with Crippen LogP contribution in [0.1, 0.15) is 44.5 Å². The number of allylic oxidation sites excluding steroid dienone is 1. The molecule has 0 bridgehead atoms. The van der Waals surface area contributed by atoms with Crippen molar-refractivity contribution >= 4 is 52.5 Å². The summed E-state index contributed by atoms with van der Waals surface area (Å²) < 4.78 is 31.2. The molecule has 1 aliphatic heterocycles. The van der Waals surface area contributed by atoms with E-state index in [1.807, 2.05) is 27.7 Å². The summed E-state index contributed by atoms with van der Waals surface area (Å²) in [5.41, 5.74) is 0.421. The number of anilines is 1. The molecule has 0 aliphatic carbocycles. The van der Waals surface area contributed by atoms with Gasteiger partial charge in [0.15, 0.2) is 12.4 Å². The monoisotopic (exact) mass is 600 g/mol. The van der Waals surface area contributed by atoms with Crippen molar-refractivity contribution < 1.29 is 28.5 Å². The van der Waals surface area contributed by atoms with Crippen LogP contribution in [0.25, 0.3) is 0 Å². The first-order valence-corrected chi connectivity index (χ1v) is 14.0. The van der Waals surface area contributed by atoms with Crippen LogP contribution in [0.4, 0.5) is 5.82 Å². The summed E-state index contributed by atoms with van der Waals surface area (Å²) in [5, 5.41) is 3.39. The van der Waals surface area contributed by atoms with E-state index in [0.29, 0.717) is 56.5 Å².